The Bertz CT molecular complexity index is 872. The number of rotatable bonds is 8. The van der Waals surface area contributed by atoms with Crippen LogP contribution in [0, 0.1) is 0 Å². The molecule has 1 aromatic heterocycles. The van der Waals surface area contributed by atoms with Crippen LogP contribution in [0.5, 0.6) is 5.75 Å². The number of amides is 1. The van der Waals surface area contributed by atoms with Crippen molar-refractivity contribution in [1.82, 2.24) is 15.2 Å². The number of nitrogens with zero attached hydrogens (tertiary/aromatic N) is 3. The number of pyridine rings is 1. The van der Waals surface area contributed by atoms with E-state index in [1.165, 1.54) is 0 Å². The number of piperazine rings is 1. The Morgan fingerprint density at radius 2 is 1.94 bits per heavy atom. The summed E-state index contributed by atoms with van der Waals surface area (Å²) in [7, 11) is 1.62. The van der Waals surface area contributed by atoms with Gasteiger partial charge in [0.25, 0.3) is 5.91 Å². The molecule has 0 bridgehead atoms. The molecular formula is C25H34N4O4. The van der Waals surface area contributed by atoms with Crippen molar-refractivity contribution in [2.24, 2.45) is 0 Å². The molecule has 8 heteroatoms. The molecule has 2 aromatic rings. The Morgan fingerprint density at radius 3 is 2.64 bits per heavy atom. The number of aliphatic hydroxyl groups excluding tert-OH is 1. The first-order valence-corrected chi connectivity index (χ1v) is 11.7. The number of nitrogens with one attached hydrogen (secondary N) is 1. The molecule has 0 aliphatic carbocycles. The predicted molar refractivity (Wildman–Crippen MR) is 126 cm³/mol. The second-order valence-electron chi connectivity index (χ2n) is 8.69. The van der Waals surface area contributed by atoms with E-state index in [4.69, 9.17) is 9.47 Å². The van der Waals surface area contributed by atoms with Gasteiger partial charge in [-0.15, -0.1) is 0 Å². The number of anilines is 1. The zero-order valence-corrected chi connectivity index (χ0v) is 19.2. The van der Waals surface area contributed by atoms with Gasteiger partial charge in [0, 0.05) is 45.5 Å². The largest absolute Gasteiger partial charge is 0.497 e. The van der Waals surface area contributed by atoms with Gasteiger partial charge in [-0.1, -0.05) is 18.2 Å². The number of carbonyl (C=O) groups excluding carboxylic acids is 1. The molecule has 2 aliphatic heterocycles. The van der Waals surface area contributed by atoms with Crippen molar-refractivity contribution in [3.05, 3.63) is 54.2 Å². The lowest BCUT2D eigenvalue weighted by Gasteiger charge is -2.37. The van der Waals surface area contributed by atoms with E-state index in [2.05, 4.69) is 26.2 Å². The molecule has 0 saturated carbocycles. The van der Waals surface area contributed by atoms with Gasteiger partial charge >= 0.3 is 0 Å². The minimum Gasteiger partial charge on any atom is -0.497 e. The molecule has 2 aliphatic rings. The first kappa shape index (κ1) is 23.5. The molecule has 4 rings (SSSR count). The number of hydrogen-bond donors (Lipinski definition) is 2. The maximum atomic E-state index is 12.7. The van der Waals surface area contributed by atoms with E-state index in [1.807, 2.05) is 42.6 Å². The fourth-order valence-electron chi connectivity index (χ4n) is 4.42. The summed E-state index contributed by atoms with van der Waals surface area (Å²) in [5, 5.41) is 13.2. The minimum atomic E-state index is -0.817. The monoisotopic (exact) mass is 454 g/mol. The lowest BCUT2D eigenvalue weighted by molar-refractivity contribution is -0.158. The van der Waals surface area contributed by atoms with Crippen molar-refractivity contribution in [2.45, 2.75) is 44.1 Å². The highest BCUT2D eigenvalue weighted by molar-refractivity contribution is 5.81. The fourth-order valence-corrected chi connectivity index (χ4v) is 4.42. The van der Waals surface area contributed by atoms with Crippen molar-refractivity contribution in [1.29, 1.82) is 0 Å². The highest BCUT2D eigenvalue weighted by atomic mass is 16.5. The van der Waals surface area contributed by atoms with Gasteiger partial charge in [-0.3, -0.25) is 9.69 Å². The van der Waals surface area contributed by atoms with Gasteiger partial charge in [-0.05, 0) is 49.1 Å². The Hall–Kier alpha value is -2.68. The van der Waals surface area contributed by atoms with Crippen molar-refractivity contribution in [2.75, 3.05) is 44.7 Å². The molecule has 2 fully saturated rings. The Labute approximate surface area is 195 Å². The van der Waals surface area contributed by atoms with Crippen LogP contribution in [0.4, 0.5) is 5.82 Å². The zero-order valence-electron chi connectivity index (χ0n) is 19.2. The quantitative estimate of drug-likeness (QED) is 0.629. The second-order valence-corrected chi connectivity index (χ2v) is 8.69. The molecule has 3 heterocycles. The van der Waals surface area contributed by atoms with Gasteiger partial charge in [0.15, 0.2) is 6.10 Å². The third kappa shape index (κ3) is 6.43. The van der Waals surface area contributed by atoms with Gasteiger partial charge in [-0.2, -0.15) is 0 Å². The Kier molecular flexibility index (Phi) is 8.15. The van der Waals surface area contributed by atoms with Gasteiger partial charge in [0.2, 0.25) is 0 Å². The predicted octanol–water partition coefficient (Wildman–Crippen LogP) is 1.83. The Morgan fingerprint density at radius 1 is 1.15 bits per heavy atom. The smallest absolute Gasteiger partial charge is 0.252 e. The number of ether oxygens (including phenoxy) is 2. The Balaban J connectivity index is 1.20. The summed E-state index contributed by atoms with van der Waals surface area (Å²) < 4.78 is 11.2. The summed E-state index contributed by atoms with van der Waals surface area (Å²) in [5.41, 5.74) is 0.968. The van der Waals surface area contributed by atoms with Crippen LogP contribution in [-0.4, -0.2) is 79.0 Å². The van der Waals surface area contributed by atoms with Gasteiger partial charge < -0.3 is 24.8 Å². The average Bonchev–Trinajstić information content (AvgIpc) is 2.88. The summed E-state index contributed by atoms with van der Waals surface area (Å²) in [5.74, 6) is 1.55. The van der Waals surface area contributed by atoms with E-state index in [0.717, 1.165) is 62.7 Å². The molecule has 1 amide bonds. The summed E-state index contributed by atoms with van der Waals surface area (Å²) in [6, 6.07) is 13.6. The van der Waals surface area contributed by atoms with E-state index in [0.29, 0.717) is 13.0 Å². The maximum absolute atomic E-state index is 12.7. The molecule has 3 atom stereocenters. The van der Waals surface area contributed by atoms with E-state index in [-0.39, 0.29) is 12.0 Å². The lowest BCUT2D eigenvalue weighted by atomic mass is 9.98. The topological polar surface area (TPSA) is 87.2 Å². The number of carbonyl (C=O) groups is 1. The standard InChI is InChI=1S/C25H34N4O4/c1-32-20-7-5-19(6-8-20)18-27-25(31)24-22(30)10-9-21(33-24)11-13-28-14-16-29(17-15-28)23-4-2-3-12-26-23/h2-8,12,21-22,24,30H,9-11,13-18H2,1H3,(H,27,31). The van der Waals surface area contributed by atoms with Crippen molar-refractivity contribution < 1.29 is 19.4 Å². The molecule has 33 heavy (non-hydrogen) atoms. The molecule has 2 saturated heterocycles. The van der Waals surface area contributed by atoms with E-state index >= 15 is 0 Å². The van der Waals surface area contributed by atoms with Gasteiger partial charge in [-0.25, -0.2) is 4.98 Å². The summed E-state index contributed by atoms with van der Waals surface area (Å²) in [4.78, 5) is 21.9. The zero-order chi connectivity index (χ0) is 23.0. The molecular weight excluding hydrogens is 420 g/mol. The molecule has 0 spiro atoms. The summed E-state index contributed by atoms with van der Waals surface area (Å²) in [6.07, 6.45) is 2.45. The van der Waals surface area contributed by atoms with Crippen LogP contribution in [0.25, 0.3) is 0 Å². The summed E-state index contributed by atoms with van der Waals surface area (Å²) >= 11 is 0. The summed E-state index contributed by atoms with van der Waals surface area (Å²) in [6.45, 7) is 5.20. The molecule has 1 aromatic carbocycles. The number of methoxy groups -OCH3 is 1. The van der Waals surface area contributed by atoms with E-state index in [9.17, 15) is 9.90 Å². The van der Waals surface area contributed by atoms with Gasteiger partial charge in [0.05, 0.1) is 19.3 Å². The van der Waals surface area contributed by atoms with Crippen LogP contribution in [0.1, 0.15) is 24.8 Å². The normalized spacial score (nSPS) is 23.8. The first-order chi connectivity index (χ1) is 16.1. The van der Waals surface area contributed by atoms with Crippen molar-refractivity contribution >= 4 is 11.7 Å². The van der Waals surface area contributed by atoms with E-state index < -0.39 is 12.2 Å². The third-order valence-electron chi connectivity index (χ3n) is 6.47. The van der Waals surface area contributed by atoms with E-state index in [1.54, 1.807) is 7.11 Å². The molecule has 3 unspecified atom stereocenters. The molecule has 178 valence electrons. The second kappa shape index (κ2) is 11.4. The number of hydrogen-bond acceptors (Lipinski definition) is 7. The van der Waals surface area contributed by atoms with Crippen LogP contribution in [0.3, 0.4) is 0 Å². The fraction of sp³-hybridized carbons (Fsp3) is 0.520. The highest BCUT2D eigenvalue weighted by Crippen LogP contribution is 2.23. The number of aromatic nitrogens is 1. The average molecular weight is 455 g/mol. The van der Waals surface area contributed by atoms with Crippen LogP contribution in [0.15, 0.2) is 48.7 Å². The molecule has 0 radical (unpaired) electrons. The SMILES string of the molecule is COc1ccc(CNC(=O)C2OC(CCN3CCN(c4ccccn4)CC3)CCC2O)cc1. The van der Waals surface area contributed by atoms with Crippen molar-refractivity contribution in [3.63, 3.8) is 0 Å². The number of benzene rings is 1. The third-order valence-corrected chi connectivity index (χ3v) is 6.47. The van der Waals surface area contributed by atoms with Crippen LogP contribution in [0.2, 0.25) is 0 Å². The van der Waals surface area contributed by atoms with Crippen LogP contribution >= 0.6 is 0 Å². The van der Waals surface area contributed by atoms with Crippen molar-refractivity contribution in [3.8, 4) is 5.75 Å². The highest BCUT2D eigenvalue weighted by Gasteiger charge is 2.35. The minimum absolute atomic E-state index is 0.0149. The van der Waals surface area contributed by atoms with Crippen LogP contribution < -0.4 is 15.0 Å². The number of aliphatic hydroxyl groups is 1. The maximum Gasteiger partial charge on any atom is 0.252 e. The van der Waals surface area contributed by atoms with Crippen LogP contribution in [-0.2, 0) is 16.1 Å². The van der Waals surface area contributed by atoms with Gasteiger partial charge in [0.1, 0.15) is 11.6 Å². The first-order valence-electron chi connectivity index (χ1n) is 11.7. The lowest BCUT2D eigenvalue weighted by Crippen LogP contribution is -2.50. The molecule has 8 nitrogen and oxygen atoms in total. The molecule has 2 N–H and O–H groups in total.